The SMILES string of the molecule is Cc1noc(C)c1C(=O)N1CCN(C(=O)Cc2cccs2)CC1. The smallest absolute Gasteiger partial charge is 0.259 e. The Kier molecular flexibility index (Phi) is 4.47. The van der Waals surface area contributed by atoms with Crippen molar-refractivity contribution < 1.29 is 14.1 Å². The van der Waals surface area contributed by atoms with Crippen LogP contribution in [0, 0.1) is 13.8 Å². The average Bonchev–Trinajstić information content (AvgIpc) is 3.17. The molecule has 0 saturated carbocycles. The van der Waals surface area contributed by atoms with Crippen LogP contribution in [0.1, 0.15) is 26.7 Å². The van der Waals surface area contributed by atoms with Gasteiger partial charge in [0.05, 0.1) is 12.1 Å². The molecule has 2 amide bonds. The molecule has 0 aliphatic carbocycles. The first-order valence-electron chi connectivity index (χ1n) is 7.58. The summed E-state index contributed by atoms with van der Waals surface area (Å²) in [6, 6.07) is 3.92. The zero-order valence-electron chi connectivity index (χ0n) is 13.2. The van der Waals surface area contributed by atoms with E-state index in [1.54, 1.807) is 30.1 Å². The van der Waals surface area contributed by atoms with E-state index >= 15 is 0 Å². The largest absolute Gasteiger partial charge is 0.361 e. The lowest BCUT2D eigenvalue weighted by atomic mass is 10.1. The number of rotatable bonds is 3. The van der Waals surface area contributed by atoms with Gasteiger partial charge in [-0.3, -0.25) is 9.59 Å². The van der Waals surface area contributed by atoms with Crippen LogP contribution >= 0.6 is 11.3 Å². The predicted molar refractivity (Wildman–Crippen MR) is 86.5 cm³/mol. The Bertz CT molecular complexity index is 681. The molecule has 2 aromatic rings. The Hall–Kier alpha value is -2.15. The van der Waals surface area contributed by atoms with Gasteiger partial charge in [0, 0.05) is 31.1 Å². The third kappa shape index (κ3) is 3.29. The van der Waals surface area contributed by atoms with Crippen molar-refractivity contribution in [2.75, 3.05) is 26.2 Å². The van der Waals surface area contributed by atoms with Crippen LogP contribution < -0.4 is 0 Å². The van der Waals surface area contributed by atoms with Gasteiger partial charge >= 0.3 is 0 Å². The van der Waals surface area contributed by atoms with Crippen molar-refractivity contribution in [1.82, 2.24) is 15.0 Å². The number of nitrogens with zero attached hydrogens (tertiary/aromatic N) is 3. The standard InChI is InChI=1S/C16H19N3O3S/c1-11-15(12(2)22-17-11)16(21)19-7-5-18(6-8-19)14(20)10-13-4-3-9-23-13/h3-4,9H,5-8,10H2,1-2H3. The van der Waals surface area contributed by atoms with Gasteiger partial charge in [-0.2, -0.15) is 0 Å². The van der Waals surface area contributed by atoms with Crippen molar-refractivity contribution in [3.63, 3.8) is 0 Å². The highest BCUT2D eigenvalue weighted by Crippen LogP contribution is 2.17. The fourth-order valence-corrected chi connectivity index (χ4v) is 3.48. The first-order chi connectivity index (χ1) is 11.1. The van der Waals surface area contributed by atoms with Crippen molar-refractivity contribution in [2.24, 2.45) is 0 Å². The van der Waals surface area contributed by atoms with Gasteiger partial charge in [-0.05, 0) is 25.3 Å². The van der Waals surface area contributed by atoms with Gasteiger partial charge in [0.15, 0.2) is 0 Å². The van der Waals surface area contributed by atoms with Crippen LogP contribution in [0.3, 0.4) is 0 Å². The first-order valence-corrected chi connectivity index (χ1v) is 8.46. The normalized spacial score (nSPS) is 15.0. The van der Waals surface area contributed by atoms with Gasteiger partial charge < -0.3 is 14.3 Å². The fourth-order valence-electron chi connectivity index (χ4n) is 2.78. The van der Waals surface area contributed by atoms with E-state index in [9.17, 15) is 9.59 Å². The lowest BCUT2D eigenvalue weighted by Crippen LogP contribution is -2.51. The number of carbonyl (C=O) groups is 2. The summed E-state index contributed by atoms with van der Waals surface area (Å²) in [6.07, 6.45) is 0.440. The third-order valence-electron chi connectivity index (χ3n) is 4.07. The monoisotopic (exact) mass is 333 g/mol. The molecule has 2 aromatic heterocycles. The summed E-state index contributed by atoms with van der Waals surface area (Å²) in [5.41, 5.74) is 1.16. The molecule has 3 heterocycles. The average molecular weight is 333 g/mol. The number of aryl methyl sites for hydroxylation is 2. The van der Waals surface area contributed by atoms with Crippen LogP contribution in [0.25, 0.3) is 0 Å². The summed E-state index contributed by atoms with van der Waals surface area (Å²) in [7, 11) is 0. The maximum Gasteiger partial charge on any atom is 0.259 e. The van der Waals surface area contributed by atoms with Crippen molar-refractivity contribution in [1.29, 1.82) is 0 Å². The van der Waals surface area contributed by atoms with Crippen molar-refractivity contribution in [2.45, 2.75) is 20.3 Å². The molecular formula is C16H19N3O3S. The Balaban J connectivity index is 1.58. The van der Waals surface area contributed by atoms with E-state index in [1.807, 2.05) is 22.4 Å². The summed E-state index contributed by atoms with van der Waals surface area (Å²) in [5, 5.41) is 5.81. The van der Waals surface area contributed by atoms with Crippen LogP contribution in [0.4, 0.5) is 0 Å². The molecule has 122 valence electrons. The molecule has 7 heteroatoms. The highest BCUT2D eigenvalue weighted by Gasteiger charge is 2.28. The second kappa shape index (κ2) is 6.54. The maximum atomic E-state index is 12.6. The topological polar surface area (TPSA) is 66.7 Å². The Morgan fingerprint density at radius 2 is 1.91 bits per heavy atom. The van der Waals surface area contributed by atoms with Crippen LogP contribution in [-0.4, -0.2) is 52.9 Å². The Morgan fingerprint density at radius 3 is 2.48 bits per heavy atom. The number of hydrogen-bond acceptors (Lipinski definition) is 5. The van der Waals surface area contributed by atoms with Crippen LogP contribution in [0.5, 0.6) is 0 Å². The van der Waals surface area contributed by atoms with Crippen LogP contribution in [-0.2, 0) is 11.2 Å². The molecule has 0 bridgehead atoms. The summed E-state index contributed by atoms with van der Waals surface area (Å²) in [6.45, 7) is 5.73. The van der Waals surface area contributed by atoms with E-state index in [-0.39, 0.29) is 11.8 Å². The molecule has 0 aromatic carbocycles. The maximum absolute atomic E-state index is 12.6. The number of thiophene rings is 1. The zero-order chi connectivity index (χ0) is 16.4. The van der Waals surface area contributed by atoms with Crippen molar-refractivity contribution >= 4 is 23.2 Å². The molecular weight excluding hydrogens is 314 g/mol. The molecule has 1 saturated heterocycles. The second-order valence-electron chi connectivity index (χ2n) is 5.63. The lowest BCUT2D eigenvalue weighted by molar-refractivity contribution is -0.131. The molecule has 1 fully saturated rings. The van der Waals surface area contributed by atoms with Gasteiger partial charge in [-0.25, -0.2) is 0 Å². The fraction of sp³-hybridized carbons (Fsp3) is 0.438. The van der Waals surface area contributed by atoms with Gasteiger partial charge in [0.2, 0.25) is 5.91 Å². The number of piperazine rings is 1. The van der Waals surface area contributed by atoms with E-state index in [2.05, 4.69) is 5.16 Å². The Labute approximate surface area is 138 Å². The number of amides is 2. The predicted octanol–water partition coefficient (Wildman–Crippen LogP) is 1.88. The molecule has 0 unspecified atom stereocenters. The minimum Gasteiger partial charge on any atom is -0.361 e. The minimum atomic E-state index is -0.0633. The highest BCUT2D eigenvalue weighted by atomic mass is 32.1. The van der Waals surface area contributed by atoms with Gasteiger partial charge in [0.25, 0.3) is 5.91 Å². The number of hydrogen-bond donors (Lipinski definition) is 0. The van der Waals surface area contributed by atoms with Crippen LogP contribution in [0.2, 0.25) is 0 Å². The summed E-state index contributed by atoms with van der Waals surface area (Å²) in [4.78, 5) is 29.5. The first kappa shape index (κ1) is 15.7. The van der Waals surface area contributed by atoms with Gasteiger partial charge in [-0.15, -0.1) is 11.3 Å². The van der Waals surface area contributed by atoms with E-state index in [0.29, 0.717) is 49.6 Å². The van der Waals surface area contributed by atoms with Crippen molar-refractivity contribution in [3.05, 3.63) is 39.4 Å². The summed E-state index contributed by atoms with van der Waals surface area (Å²) >= 11 is 1.59. The van der Waals surface area contributed by atoms with Gasteiger partial charge in [-0.1, -0.05) is 11.2 Å². The number of carbonyl (C=O) groups excluding carboxylic acids is 2. The molecule has 0 atom stereocenters. The molecule has 23 heavy (non-hydrogen) atoms. The number of aromatic nitrogens is 1. The molecule has 0 spiro atoms. The van der Waals surface area contributed by atoms with Crippen molar-refractivity contribution in [3.8, 4) is 0 Å². The third-order valence-corrected chi connectivity index (χ3v) is 4.95. The van der Waals surface area contributed by atoms with E-state index < -0.39 is 0 Å². The molecule has 6 nitrogen and oxygen atoms in total. The minimum absolute atomic E-state index is 0.0633. The molecule has 0 N–H and O–H groups in total. The summed E-state index contributed by atoms with van der Waals surface area (Å²) in [5.74, 6) is 0.604. The molecule has 1 aliphatic heterocycles. The molecule has 0 radical (unpaired) electrons. The summed E-state index contributed by atoms with van der Waals surface area (Å²) < 4.78 is 5.06. The molecule has 1 aliphatic rings. The van der Waals surface area contributed by atoms with Gasteiger partial charge in [0.1, 0.15) is 11.3 Å². The molecule has 3 rings (SSSR count). The van der Waals surface area contributed by atoms with E-state index in [0.717, 1.165) is 4.88 Å². The quantitative estimate of drug-likeness (QED) is 0.860. The zero-order valence-corrected chi connectivity index (χ0v) is 14.1. The van der Waals surface area contributed by atoms with Crippen LogP contribution in [0.15, 0.2) is 22.0 Å². The lowest BCUT2D eigenvalue weighted by Gasteiger charge is -2.34. The van der Waals surface area contributed by atoms with E-state index in [1.165, 1.54) is 0 Å². The highest BCUT2D eigenvalue weighted by molar-refractivity contribution is 7.10. The Morgan fingerprint density at radius 1 is 1.22 bits per heavy atom. The van der Waals surface area contributed by atoms with E-state index in [4.69, 9.17) is 4.52 Å². The second-order valence-corrected chi connectivity index (χ2v) is 6.66.